The summed E-state index contributed by atoms with van der Waals surface area (Å²) in [6.07, 6.45) is 3.80. The molecule has 0 saturated carbocycles. The number of hydrogen-bond donors (Lipinski definition) is 1. The number of aromatic nitrogens is 1. The van der Waals surface area contributed by atoms with Gasteiger partial charge in [-0.05, 0) is 54.1 Å². The maximum Gasteiger partial charge on any atom is 0.226 e. The van der Waals surface area contributed by atoms with Crippen LogP contribution < -0.4 is 5.32 Å². The summed E-state index contributed by atoms with van der Waals surface area (Å²) in [5.41, 5.74) is 1.23. The van der Waals surface area contributed by atoms with Gasteiger partial charge in [-0.2, -0.15) is 0 Å². The van der Waals surface area contributed by atoms with Gasteiger partial charge in [0.05, 0.1) is 12.5 Å². The van der Waals surface area contributed by atoms with Crippen LogP contribution in [0, 0.1) is 11.6 Å². The van der Waals surface area contributed by atoms with E-state index in [0.717, 1.165) is 0 Å². The Morgan fingerprint density at radius 1 is 0.958 bits per heavy atom. The first-order chi connectivity index (χ1) is 11.6. The number of nitrogens with one attached hydrogen (secondary N) is 1. The van der Waals surface area contributed by atoms with Crippen molar-refractivity contribution in [1.82, 2.24) is 4.57 Å². The molecule has 3 aromatic rings. The van der Waals surface area contributed by atoms with Crippen molar-refractivity contribution in [1.29, 1.82) is 0 Å². The van der Waals surface area contributed by atoms with Crippen LogP contribution in [0.2, 0.25) is 0 Å². The Bertz CT molecular complexity index is 814. The fourth-order valence-corrected chi connectivity index (χ4v) is 2.59. The summed E-state index contributed by atoms with van der Waals surface area (Å²) >= 11 is 0. The van der Waals surface area contributed by atoms with Crippen LogP contribution in [-0.2, 0) is 4.79 Å². The molecule has 0 radical (unpaired) electrons. The number of benzene rings is 2. The molecular formula is C19H16F2N2O. The summed E-state index contributed by atoms with van der Waals surface area (Å²) in [6, 6.07) is 15.2. The van der Waals surface area contributed by atoms with E-state index in [-0.39, 0.29) is 30.0 Å². The second-order valence-electron chi connectivity index (χ2n) is 5.46. The van der Waals surface area contributed by atoms with E-state index in [1.54, 1.807) is 12.1 Å². The van der Waals surface area contributed by atoms with Crippen LogP contribution in [0.1, 0.15) is 18.0 Å². The fraction of sp³-hybridized carbons (Fsp3) is 0.105. The SMILES string of the molecule is O=C(C[C@@H](c1cccc(F)c1)n1cccc1)Nc1ccc(F)cc1. The number of carbonyl (C=O) groups excluding carboxylic acids is 1. The van der Waals surface area contributed by atoms with E-state index in [1.165, 1.54) is 36.4 Å². The van der Waals surface area contributed by atoms with Crippen molar-refractivity contribution < 1.29 is 13.6 Å². The van der Waals surface area contributed by atoms with Crippen molar-refractivity contribution in [3.63, 3.8) is 0 Å². The first-order valence-electron chi connectivity index (χ1n) is 7.55. The molecule has 5 heteroatoms. The Morgan fingerprint density at radius 2 is 1.67 bits per heavy atom. The lowest BCUT2D eigenvalue weighted by Gasteiger charge is -2.19. The highest BCUT2D eigenvalue weighted by Gasteiger charge is 2.18. The molecule has 24 heavy (non-hydrogen) atoms. The molecule has 0 aliphatic rings. The zero-order valence-corrected chi connectivity index (χ0v) is 12.8. The number of hydrogen-bond acceptors (Lipinski definition) is 1. The minimum Gasteiger partial charge on any atom is -0.346 e. The van der Waals surface area contributed by atoms with Gasteiger partial charge in [0, 0.05) is 18.1 Å². The molecule has 2 aromatic carbocycles. The average Bonchev–Trinajstić information content (AvgIpc) is 3.09. The molecule has 3 rings (SSSR count). The van der Waals surface area contributed by atoms with Crippen molar-refractivity contribution >= 4 is 11.6 Å². The second kappa shape index (κ2) is 7.08. The zero-order valence-electron chi connectivity index (χ0n) is 12.8. The Labute approximate surface area is 138 Å². The second-order valence-corrected chi connectivity index (χ2v) is 5.46. The molecule has 1 aromatic heterocycles. The molecule has 1 N–H and O–H groups in total. The fourth-order valence-electron chi connectivity index (χ4n) is 2.59. The van der Waals surface area contributed by atoms with Gasteiger partial charge < -0.3 is 9.88 Å². The van der Waals surface area contributed by atoms with Gasteiger partial charge >= 0.3 is 0 Å². The molecule has 0 aliphatic heterocycles. The van der Waals surface area contributed by atoms with Gasteiger partial charge in [-0.25, -0.2) is 8.78 Å². The van der Waals surface area contributed by atoms with E-state index >= 15 is 0 Å². The van der Waals surface area contributed by atoms with Gasteiger partial charge in [0.2, 0.25) is 5.91 Å². The minimum atomic E-state index is -0.363. The highest BCUT2D eigenvalue weighted by molar-refractivity contribution is 5.91. The van der Waals surface area contributed by atoms with Crippen LogP contribution in [0.15, 0.2) is 73.1 Å². The lowest BCUT2D eigenvalue weighted by Crippen LogP contribution is -2.19. The minimum absolute atomic E-state index is 0.134. The van der Waals surface area contributed by atoms with E-state index in [1.807, 2.05) is 29.1 Å². The Morgan fingerprint density at radius 3 is 2.33 bits per heavy atom. The van der Waals surface area contributed by atoms with Crippen molar-refractivity contribution in [2.24, 2.45) is 0 Å². The normalized spacial score (nSPS) is 11.9. The van der Waals surface area contributed by atoms with E-state index in [2.05, 4.69) is 5.32 Å². The lowest BCUT2D eigenvalue weighted by molar-refractivity contribution is -0.116. The molecular weight excluding hydrogens is 310 g/mol. The number of nitrogens with zero attached hydrogens (tertiary/aromatic N) is 1. The van der Waals surface area contributed by atoms with E-state index in [4.69, 9.17) is 0 Å². The van der Waals surface area contributed by atoms with Crippen molar-refractivity contribution in [3.05, 3.63) is 90.3 Å². The van der Waals surface area contributed by atoms with E-state index < -0.39 is 0 Å². The maximum atomic E-state index is 13.5. The standard InChI is InChI=1S/C19H16F2N2O/c20-15-6-8-17(9-7-15)22-19(24)13-18(23-10-1-2-11-23)14-4-3-5-16(21)12-14/h1-12,18H,13H2,(H,22,24)/t18-/m0/s1. The largest absolute Gasteiger partial charge is 0.346 e. The van der Waals surface area contributed by atoms with Crippen LogP contribution >= 0.6 is 0 Å². The van der Waals surface area contributed by atoms with Gasteiger partial charge in [0.15, 0.2) is 0 Å². The van der Waals surface area contributed by atoms with Gasteiger partial charge in [-0.15, -0.1) is 0 Å². The quantitative estimate of drug-likeness (QED) is 0.741. The van der Waals surface area contributed by atoms with Crippen molar-refractivity contribution in [3.8, 4) is 0 Å². The number of anilines is 1. The Balaban J connectivity index is 1.79. The highest BCUT2D eigenvalue weighted by Crippen LogP contribution is 2.24. The molecule has 3 nitrogen and oxygen atoms in total. The van der Waals surface area contributed by atoms with Gasteiger partial charge in [-0.1, -0.05) is 12.1 Å². The molecule has 0 spiro atoms. The lowest BCUT2D eigenvalue weighted by atomic mass is 10.0. The summed E-state index contributed by atoms with van der Waals surface area (Å²) in [4.78, 5) is 12.3. The Hall–Kier alpha value is -2.95. The molecule has 122 valence electrons. The smallest absolute Gasteiger partial charge is 0.226 e. The van der Waals surface area contributed by atoms with Gasteiger partial charge in [0.1, 0.15) is 11.6 Å². The number of rotatable bonds is 5. The molecule has 0 aliphatic carbocycles. The predicted molar refractivity (Wildman–Crippen MR) is 88.6 cm³/mol. The predicted octanol–water partition coefficient (Wildman–Crippen LogP) is 4.38. The molecule has 0 fully saturated rings. The molecule has 0 unspecified atom stereocenters. The van der Waals surface area contributed by atoms with E-state index in [0.29, 0.717) is 11.3 Å². The third kappa shape index (κ3) is 3.87. The van der Waals surface area contributed by atoms with Crippen LogP contribution in [0.4, 0.5) is 14.5 Å². The first kappa shape index (κ1) is 15.9. The molecule has 1 amide bonds. The first-order valence-corrected chi connectivity index (χ1v) is 7.55. The monoisotopic (exact) mass is 326 g/mol. The van der Waals surface area contributed by atoms with Crippen LogP contribution in [0.3, 0.4) is 0 Å². The highest BCUT2D eigenvalue weighted by atomic mass is 19.1. The van der Waals surface area contributed by atoms with Crippen LogP contribution in [0.5, 0.6) is 0 Å². The number of amides is 1. The summed E-state index contributed by atoms with van der Waals surface area (Å²) in [5.74, 6) is -0.939. The number of halogens is 2. The van der Waals surface area contributed by atoms with E-state index in [9.17, 15) is 13.6 Å². The van der Waals surface area contributed by atoms with Crippen molar-refractivity contribution in [2.75, 3.05) is 5.32 Å². The molecule has 1 atom stereocenters. The molecule has 1 heterocycles. The topological polar surface area (TPSA) is 34.0 Å². The molecule has 0 bridgehead atoms. The third-order valence-electron chi connectivity index (χ3n) is 3.73. The maximum absolute atomic E-state index is 13.5. The average molecular weight is 326 g/mol. The van der Waals surface area contributed by atoms with Gasteiger partial charge in [0.25, 0.3) is 0 Å². The van der Waals surface area contributed by atoms with Gasteiger partial charge in [-0.3, -0.25) is 4.79 Å². The zero-order chi connectivity index (χ0) is 16.9. The molecule has 0 saturated heterocycles. The Kier molecular flexibility index (Phi) is 4.70. The van der Waals surface area contributed by atoms with Crippen LogP contribution in [-0.4, -0.2) is 10.5 Å². The number of carbonyl (C=O) groups is 1. The van der Waals surface area contributed by atoms with Crippen LogP contribution in [0.25, 0.3) is 0 Å². The summed E-state index contributed by atoms with van der Waals surface area (Å²) in [7, 11) is 0. The third-order valence-corrected chi connectivity index (χ3v) is 3.73. The summed E-state index contributed by atoms with van der Waals surface area (Å²) in [6.45, 7) is 0. The summed E-state index contributed by atoms with van der Waals surface area (Å²) < 4.78 is 28.3. The van der Waals surface area contributed by atoms with Crippen molar-refractivity contribution in [2.45, 2.75) is 12.5 Å². The summed E-state index contributed by atoms with van der Waals surface area (Å²) in [5, 5.41) is 2.73.